The molecule has 0 saturated carbocycles. The summed E-state index contributed by atoms with van der Waals surface area (Å²) in [5.74, 6) is -0.359. The zero-order valence-corrected chi connectivity index (χ0v) is 10.9. The Morgan fingerprint density at radius 1 is 1.56 bits per heavy atom. The number of nitrogens with two attached hydrogens (primary N) is 1. The summed E-state index contributed by atoms with van der Waals surface area (Å²) < 4.78 is 0. The van der Waals surface area contributed by atoms with Gasteiger partial charge >= 0.3 is 0 Å². The van der Waals surface area contributed by atoms with Crippen molar-refractivity contribution < 1.29 is 4.79 Å². The maximum Gasteiger partial charge on any atom is 0.248 e. The van der Waals surface area contributed by atoms with Crippen LogP contribution in [0, 0.1) is 0 Å². The Morgan fingerprint density at radius 3 is 3.00 bits per heavy atom. The number of nitrogens with zero attached hydrogens (tertiary/aromatic N) is 1. The molecule has 1 amide bonds. The maximum atomic E-state index is 11.2. The van der Waals surface area contributed by atoms with Gasteiger partial charge in [0.05, 0.1) is 0 Å². The molecule has 4 heteroatoms. The molecule has 1 aromatic rings. The van der Waals surface area contributed by atoms with Gasteiger partial charge in [0.1, 0.15) is 0 Å². The van der Waals surface area contributed by atoms with Crippen molar-refractivity contribution in [3.8, 4) is 0 Å². The molecule has 1 fully saturated rings. The van der Waals surface area contributed by atoms with Crippen LogP contribution in [-0.2, 0) is 6.54 Å². The van der Waals surface area contributed by atoms with Gasteiger partial charge in [-0.15, -0.1) is 0 Å². The van der Waals surface area contributed by atoms with Gasteiger partial charge in [0.15, 0.2) is 0 Å². The van der Waals surface area contributed by atoms with E-state index in [0.29, 0.717) is 11.6 Å². The first-order valence-electron chi connectivity index (χ1n) is 6.54. The Morgan fingerprint density at radius 2 is 2.39 bits per heavy atom. The lowest BCUT2D eigenvalue weighted by Gasteiger charge is -2.27. The summed E-state index contributed by atoms with van der Waals surface area (Å²) in [6.45, 7) is 6.24. The molecule has 2 rings (SSSR count). The van der Waals surface area contributed by atoms with E-state index in [1.54, 1.807) is 6.07 Å². The number of amides is 1. The maximum absolute atomic E-state index is 11.2. The van der Waals surface area contributed by atoms with E-state index in [4.69, 9.17) is 5.73 Å². The fourth-order valence-electron chi connectivity index (χ4n) is 2.51. The Bertz CT molecular complexity index is 413. The van der Waals surface area contributed by atoms with Gasteiger partial charge in [-0.05, 0) is 37.2 Å². The highest BCUT2D eigenvalue weighted by Crippen LogP contribution is 2.14. The molecular weight excluding hydrogens is 226 g/mol. The van der Waals surface area contributed by atoms with Gasteiger partial charge < -0.3 is 11.1 Å². The van der Waals surface area contributed by atoms with E-state index in [9.17, 15) is 4.79 Å². The molecule has 98 valence electrons. The van der Waals surface area contributed by atoms with Crippen LogP contribution in [-0.4, -0.2) is 36.5 Å². The molecule has 0 bridgehead atoms. The van der Waals surface area contributed by atoms with Gasteiger partial charge in [-0.3, -0.25) is 9.69 Å². The lowest BCUT2D eigenvalue weighted by atomic mass is 10.1. The second-order valence-corrected chi connectivity index (χ2v) is 4.77. The van der Waals surface area contributed by atoms with Crippen molar-refractivity contribution in [1.82, 2.24) is 10.2 Å². The monoisotopic (exact) mass is 247 g/mol. The van der Waals surface area contributed by atoms with E-state index < -0.39 is 0 Å². The number of benzene rings is 1. The minimum absolute atomic E-state index is 0.359. The molecule has 1 unspecified atom stereocenters. The van der Waals surface area contributed by atoms with Crippen LogP contribution < -0.4 is 11.1 Å². The molecule has 1 aliphatic rings. The number of carbonyl (C=O) groups excluding carboxylic acids is 1. The molecule has 0 spiro atoms. The summed E-state index contributed by atoms with van der Waals surface area (Å²) in [5, 5.41) is 3.39. The Kier molecular flexibility index (Phi) is 4.33. The fraction of sp³-hybridized carbons (Fsp3) is 0.500. The second kappa shape index (κ2) is 5.98. The zero-order chi connectivity index (χ0) is 13.0. The van der Waals surface area contributed by atoms with Crippen molar-refractivity contribution in [3.63, 3.8) is 0 Å². The van der Waals surface area contributed by atoms with Crippen LogP contribution in [0.25, 0.3) is 0 Å². The van der Waals surface area contributed by atoms with Gasteiger partial charge in [0, 0.05) is 24.7 Å². The number of hydrogen-bond donors (Lipinski definition) is 2. The van der Waals surface area contributed by atoms with Crippen LogP contribution in [0.2, 0.25) is 0 Å². The molecule has 18 heavy (non-hydrogen) atoms. The average Bonchev–Trinajstić information content (AvgIpc) is 2.90. The lowest BCUT2D eigenvalue weighted by Crippen LogP contribution is -2.36. The lowest BCUT2D eigenvalue weighted by molar-refractivity contribution is 0.1000. The van der Waals surface area contributed by atoms with Gasteiger partial charge in [0.25, 0.3) is 0 Å². The summed E-state index contributed by atoms with van der Waals surface area (Å²) in [5.41, 5.74) is 7.05. The first kappa shape index (κ1) is 13.1. The van der Waals surface area contributed by atoms with Crippen molar-refractivity contribution in [3.05, 3.63) is 35.4 Å². The minimum atomic E-state index is -0.359. The van der Waals surface area contributed by atoms with Crippen LogP contribution in [0.4, 0.5) is 0 Å². The predicted molar refractivity (Wildman–Crippen MR) is 72.3 cm³/mol. The van der Waals surface area contributed by atoms with Crippen LogP contribution in [0.3, 0.4) is 0 Å². The van der Waals surface area contributed by atoms with E-state index in [1.165, 1.54) is 6.42 Å². The largest absolute Gasteiger partial charge is 0.366 e. The van der Waals surface area contributed by atoms with Crippen molar-refractivity contribution in [2.75, 3.05) is 19.6 Å². The molecule has 1 aromatic carbocycles. The number of primary amides is 1. The molecule has 4 nitrogen and oxygen atoms in total. The number of carbonyl (C=O) groups is 1. The smallest absolute Gasteiger partial charge is 0.248 e. The fourth-order valence-corrected chi connectivity index (χ4v) is 2.51. The summed E-state index contributed by atoms with van der Waals surface area (Å²) in [6.07, 6.45) is 1.20. The van der Waals surface area contributed by atoms with Crippen molar-refractivity contribution in [2.45, 2.75) is 25.9 Å². The van der Waals surface area contributed by atoms with Crippen LogP contribution in [0.15, 0.2) is 24.3 Å². The quantitative estimate of drug-likeness (QED) is 0.815. The van der Waals surface area contributed by atoms with Crippen molar-refractivity contribution >= 4 is 5.91 Å². The average molecular weight is 247 g/mol. The Hall–Kier alpha value is -1.39. The second-order valence-electron chi connectivity index (χ2n) is 4.77. The topological polar surface area (TPSA) is 58.4 Å². The van der Waals surface area contributed by atoms with Crippen LogP contribution >= 0.6 is 0 Å². The Labute approximate surface area is 108 Å². The van der Waals surface area contributed by atoms with E-state index in [1.807, 2.05) is 12.1 Å². The third kappa shape index (κ3) is 3.09. The van der Waals surface area contributed by atoms with E-state index in [0.717, 1.165) is 31.7 Å². The SMILES string of the molecule is CCN(Cc1cccc(C(N)=O)c1)C1CCNC1. The van der Waals surface area contributed by atoms with Crippen molar-refractivity contribution in [1.29, 1.82) is 0 Å². The Balaban J connectivity index is 2.06. The zero-order valence-electron chi connectivity index (χ0n) is 10.9. The normalized spacial score (nSPS) is 19.3. The number of likely N-dealkylation sites (N-methyl/N-ethyl adjacent to an activating group) is 1. The first-order valence-corrected chi connectivity index (χ1v) is 6.54. The third-order valence-corrected chi connectivity index (χ3v) is 3.55. The molecule has 1 atom stereocenters. The van der Waals surface area contributed by atoms with Gasteiger partial charge in [-0.1, -0.05) is 19.1 Å². The van der Waals surface area contributed by atoms with Crippen LogP contribution in [0.1, 0.15) is 29.3 Å². The highest BCUT2D eigenvalue weighted by atomic mass is 16.1. The molecule has 3 N–H and O–H groups in total. The first-order chi connectivity index (χ1) is 8.70. The molecule has 0 aromatic heterocycles. The molecule has 1 aliphatic heterocycles. The highest BCUT2D eigenvalue weighted by molar-refractivity contribution is 5.92. The predicted octanol–water partition coefficient (Wildman–Crippen LogP) is 0.969. The van der Waals surface area contributed by atoms with Crippen molar-refractivity contribution in [2.24, 2.45) is 5.73 Å². The number of rotatable bonds is 5. The summed E-state index contributed by atoms with van der Waals surface area (Å²) in [4.78, 5) is 13.6. The summed E-state index contributed by atoms with van der Waals surface area (Å²) >= 11 is 0. The van der Waals surface area contributed by atoms with Gasteiger partial charge in [-0.2, -0.15) is 0 Å². The standard InChI is InChI=1S/C14H21N3O/c1-2-17(13-6-7-16-9-13)10-11-4-3-5-12(8-11)14(15)18/h3-5,8,13,16H,2,6-7,9-10H2,1H3,(H2,15,18). The molecule has 0 radical (unpaired) electrons. The van der Waals surface area contributed by atoms with Crippen LogP contribution in [0.5, 0.6) is 0 Å². The summed E-state index contributed by atoms with van der Waals surface area (Å²) in [6, 6.07) is 8.22. The van der Waals surface area contributed by atoms with E-state index >= 15 is 0 Å². The highest BCUT2D eigenvalue weighted by Gasteiger charge is 2.21. The van der Waals surface area contributed by atoms with E-state index in [2.05, 4.69) is 23.2 Å². The molecule has 1 saturated heterocycles. The summed E-state index contributed by atoms with van der Waals surface area (Å²) in [7, 11) is 0. The third-order valence-electron chi connectivity index (χ3n) is 3.55. The minimum Gasteiger partial charge on any atom is -0.366 e. The number of nitrogens with one attached hydrogen (secondary N) is 1. The molecular formula is C14H21N3O. The molecule has 1 heterocycles. The van der Waals surface area contributed by atoms with Gasteiger partial charge in [0.2, 0.25) is 5.91 Å². The number of hydrogen-bond acceptors (Lipinski definition) is 3. The van der Waals surface area contributed by atoms with Gasteiger partial charge in [-0.25, -0.2) is 0 Å². The molecule has 0 aliphatic carbocycles. The van der Waals surface area contributed by atoms with E-state index in [-0.39, 0.29) is 5.91 Å².